The molecule has 1 atom stereocenters. The van der Waals surface area contributed by atoms with Crippen LogP contribution in [0.4, 0.5) is 13.2 Å². The molecule has 0 bridgehead atoms. The Bertz CT molecular complexity index is 245. The standard InChI is InChI=1S/C9H15F3N2/c1-6(2)4-8(13)14-5-7(3)9(10,11)12/h7,14H,5,13H2,1-3H3. The van der Waals surface area contributed by atoms with Gasteiger partial charge in [0.1, 0.15) is 5.82 Å². The van der Waals surface area contributed by atoms with Crippen LogP contribution in [-0.2, 0) is 0 Å². The van der Waals surface area contributed by atoms with Gasteiger partial charge in [0.25, 0.3) is 0 Å². The van der Waals surface area contributed by atoms with Gasteiger partial charge >= 0.3 is 6.18 Å². The van der Waals surface area contributed by atoms with Crippen LogP contribution in [0, 0.1) is 5.92 Å². The van der Waals surface area contributed by atoms with E-state index in [0.29, 0.717) is 0 Å². The van der Waals surface area contributed by atoms with Crippen LogP contribution in [0.3, 0.4) is 0 Å². The van der Waals surface area contributed by atoms with Gasteiger partial charge in [-0.15, -0.1) is 0 Å². The molecule has 14 heavy (non-hydrogen) atoms. The summed E-state index contributed by atoms with van der Waals surface area (Å²) < 4.78 is 36.1. The molecule has 0 aliphatic carbocycles. The van der Waals surface area contributed by atoms with Crippen LogP contribution < -0.4 is 11.1 Å². The molecule has 0 rings (SSSR count). The van der Waals surface area contributed by atoms with Crippen molar-refractivity contribution in [2.75, 3.05) is 6.54 Å². The third kappa shape index (κ3) is 5.54. The highest BCUT2D eigenvalue weighted by Gasteiger charge is 2.35. The van der Waals surface area contributed by atoms with E-state index in [1.165, 1.54) is 0 Å². The van der Waals surface area contributed by atoms with Crippen LogP contribution in [0.1, 0.15) is 20.8 Å². The van der Waals surface area contributed by atoms with Gasteiger partial charge in [-0.25, -0.2) is 0 Å². The summed E-state index contributed by atoms with van der Waals surface area (Å²) >= 11 is 0. The highest BCUT2D eigenvalue weighted by molar-refractivity contribution is 5.00. The molecule has 0 aromatic rings. The van der Waals surface area contributed by atoms with Crippen molar-refractivity contribution in [3.63, 3.8) is 0 Å². The first-order valence-corrected chi connectivity index (χ1v) is 4.23. The van der Waals surface area contributed by atoms with Gasteiger partial charge in [-0.3, -0.25) is 0 Å². The van der Waals surface area contributed by atoms with Gasteiger partial charge in [0, 0.05) is 6.54 Å². The third-order valence-corrected chi connectivity index (χ3v) is 1.54. The minimum Gasteiger partial charge on any atom is -0.379 e. The van der Waals surface area contributed by atoms with Gasteiger partial charge in [-0.1, -0.05) is 12.7 Å². The second-order valence-corrected chi connectivity index (χ2v) is 3.36. The molecule has 82 valence electrons. The Balaban J connectivity index is 4.15. The molecule has 0 aromatic heterocycles. The van der Waals surface area contributed by atoms with Crippen molar-refractivity contribution in [3.8, 4) is 0 Å². The number of allylic oxidation sites excluding steroid dienone is 1. The summed E-state index contributed by atoms with van der Waals surface area (Å²) in [5, 5.41) is 2.46. The molecule has 0 aliphatic heterocycles. The molecule has 0 radical (unpaired) electrons. The SMILES string of the molecule is CC(C)=C=C(N)NCC(C)C(F)(F)F. The molecule has 5 heteroatoms. The summed E-state index contributed by atoms with van der Waals surface area (Å²) in [4.78, 5) is 0. The number of halogens is 3. The fourth-order valence-electron chi connectivity index (χ4n) is 0.692. The zero-order valence-corrected chi connectivity index (χ0v) is 8.50. The average Bonchev–Trinajstić information content (AvgIpc) is 1.96. The molecule has 0 fully saturated rings. The predicted octanol–water partition coefficient (Wildman–Crippen LogP) is 2.14. The van der Waals surface area contributed by atoms with Crippen molar-refractivity contribution in [2.24, 2.45) is 11.7 Å². The maximum atomic E-state index is 12.0. The van der Waals surface area contributed by atoms with Crippen molar-refractivity contribution in [2.45, 2.75) is 26.9 Å². The van der Waals surface area contributed by atoms with E-state index >= 15 is 0 Å². The first-order chi connectivity index (χ1) is 6.23. The second kappa shape index (κ2) is 4.96. The number of hydrogen-bond donors (Lipinski definition) is 2. The lowest BCUT2D eigenvalue weighted by Crippen LogP contribution is -2.32. The molecule has 0 saturated carbocycles. The molecule has 2 nitrogen and oxygen atoms in total. The van der Waals surface area contributed by atoms with Crippen molar-refractivity contribution in [3.05, 3.63) is 17.1 Å². The molecule has 0 aliphatic rings. The van der Waals surface area contributed by atoms with Crippen LogP contribution in [-0.4, -0.2) is 12.7 Å². The summed E-state index contributed by atoms with van der Waals surface area (Å²) in [6.07, 6.45) is -4.18. The Labute approximate surface area is 81.7 Å². The Kier molecular flexibility index (Phi) is 4.57. The van der Waals surface area contributed by atoms with E-state index in [0.717, 1.165) is 12.5 Å². The van der Waals surface area contributed by atoms with Crippen LogP contribution in [0.25, 0.3) is 0 Å². The molecule has 0 amide bonds. The van der Waals surface area contributed by atoms with E-state index < -0.39 is 12.1 Å². The van der Waals surface area contributed by atoms with Gasteiger partial charge in [-0.2, -0.15) is 13.2 Å². The van der Waals surface area contributed by atoms with E-state index in [1.54, 1.807) is 13.8 Å². The summed E-state index contributed by atoms with van der Waals surface area (Å²) in [6.45, 7) is 4.40. The lowest BCUT2D eigenvalue weighted by Gasteiger charge is -2.16. The van der Waals surface area contributed by atoms with E-state index in [9.17, 15) is 13.2 Å². The third-order valence-electron chi connectivity index (χ3n) is 1.54. The number of hydrogen-bond acceptors (Lipinski definition) is 2. The topological polar surface area (TPSA) is 38.0 Å². The van der Waals surface area contributed by atoms with Crippen molar-refractivity contribution in [1.29, 1.82) is 0 Å². The average molecular weight is 208 g/mol. The normalized spacial score (nSPS) is 13.0. The molecule has 0 aromatic carbocycles. The summed E-state index contributed by atoms with van der Waals surface area (Å²) in [5.41, 5.74) is 8.87. The molecule has 0 spiro atoms. The van der Waals surface area contributed by atoms with E-state index in [1.807, 2.05) is 0 Å². The zero-order chi connectivity index (χ0) is 11.4. The smallest absolute Gasteiger partial charge is 0.379 e. The Hall–Kier alpha value is -1.09. The van der Waals surface area contributed by atoms with Gasteiger partial charge < -0.3 is 11.1 Å². The van der Waals surface area contributed by atoms with Crippen molar-refractivity contribution in [1.82, 2.24) is 5.32 Å². The van der Waals surface area contributed by atoms with Crippen LogP contribution in [0.2, 0.25) is 0 Å². The number of alkyl halides is 3. The largest absolute Gasteiger partial charge is 0.393 e. The highest BCUT2D eigenvalue weighted by atomic mass is 19.4. The van der Waals surface area contributed by atoms with Crippen LogP contribution >= 0.6 is 0 Å². The molecule has 0 heterocycles. The van der Waals surface area contributed by atoms with E-state index in [4.69, 9.17) is 5.73 Å². The minimum atomic E-state index is -4.18. The van der Waals surface area contributed by atoms with Crippen molar-refractivity contribution < 1.29 is 13.2 Å². The second-order valence-electron chi connectivity index (χ2n) is 3.36. The van der Waals surface area contributed by atoms with Gasteiger partial charge in [-0.05, 0) is 19.4 Å². The summed E-state index contributed by atoms with van der Waals surface area (Å²) in [7, 11) is 0. The number of nitrogens with one attached hydrogen (secondary N) is 1. The zero-order valence-electron chi connectivity index (χ0n) is 8.50. The first-order valence-electron chi connectivity index (χ1n) is 4.23. The van der Waals surface area contributed by atoms with Crippen LogP contribution in [0.15, 0.2) is 17.1 Å². The monoisotopic (exact) mass is 208 g/mol. The Morgan fingerprint density at radius 3 is 2.29 bits per heavy atom. The molecular formula is C9H15F3N2. The fraction of sp³-hybridized carbons (Fsp3) is 0.667. The van der Waals surface area contributed by atoms with E-state index in [-0.39, 0.29) is 12.4 Å². The predicted molar refractivity (Wildman–Crippen MR) is 49.3 cm³/mol. The molecule has 1 unspecified atom stereocenters. The highest BCUT2D eigenvalue weighted by Crippen LogP contribution is 2.24. The Morgan fingerprint density at radius 2 is 1.93 bits per heavy atom. The van der Waals surface area contributed by atoms with Gasteiger partial charge in [0.2, 0.25) is 0 Å². The lowest BCUT2D eigenvalue weighted by atomic mass is 10.2. The van der Waals surface area contributed by atoms with Gasteiger partial charge in [0.15, 0.2) is 0 Å². The number of nitrogens with two attached hydrogens (primary N) is 1. The maximum Gasteiger partial charge on any atom is 0.393 e. The minimum absolute atomic E-state index is 0.140. The van der Waals surface area contributed by atoms with Gasteiger partial charge in [0.05, 0.1) is 5.92 Å². The van der Waals surface area contributed by atoms with Crippen LogP contribution in [0.5, 0.6) is 0 Å². The quantitative estimate of drug-likeness (QED) is 0.697. The maximum absolute atomic E-state index is 12.0. The first kappa shape index (κ1) is 12.9. The number of rotatable bonds is 3. The fourth-order valence-corrected chi connectivity index (χ4v) is 0.692. The van der Waals surface area contributed by atoms with Crippen molar-refractivity contribution >= 4 is 0 Å². The summed E-state index contributed by atoms with van der Waals surface area (Å²) in [6, 6.07) is 0. The lowest BCUT2D eigenvalue weighted by molar-refractivity contribution is -0.167. The van der Waals surface area contributed by atoms with E-state index in [2.05, 4.69) is 11.0 Å². The Morgan fingerprint density at radius 1 is 1.43 bits per heavy atom. The molecular weight excluding hydrogens is 193 g/mol. The molecule has 0 saturated heterocycles. The summed E-state index contributed by atoms with van der Waals surface area (Å²) in [5.74, 6) is -1.28. The molecule has 3 N–H and O–H groups in total.